The Morgan fingerprint density at radius 1 is 0.562 bits per heavy atom. The molecule has 2 aromatic carbocycles. The van der Waals surface area contributed by atoms with Gasteiger partial charge in [-0.05, 0) is 33.7 Å². The minimum atomic E-state index is 1.36. The van der Waals surface area contributed by atoms with Crippen LogP contribution in [0.4, 0.5) is 0 Å². The zero-order valence-electron chi connectivity index (χ0n) is 8.44. The van der Waals surface area contributed by atoms with Crippen LogP contribution in [0.5, 0.6) is 0 Å². The van der Waals surface area contributed by atoms with Crippen LogP contribution < -0.4 is 0 Å². The molecule has 0 fully saturated rings. The number of fused-ring (bicyclic) bond motifs is 5. The maximum absolute atomic E-state index is 2.25. The van der Waals surface area contributed by atoms with Crippen LogP contribution in [0, 0.1) is 0 Å². The summed E-state index contributed by atoms with van der Waals surface area (Å²) in [5.41, 5.74) is 0. The molecule has 0 saturated heterocycles. The van der Waals surface area contributed by atoms with Crippen LogP contribution in [0.2, 0.25) is 0 Å². The van der Waals surface area contributed by atoms with Crippen molar-refractivity contribution in [3.8, 4) is 0 Å². The summed E-state index contributed by atoms with van der Waals surface area (Å²) in [5.74, 6) is 0. The standard InChI is InChI=1S/C14H8S2/c1-3-11-12(13-9(1)5-7-15-13)4-2-10-6-8-16-14(10)11/h1-8H. The monoisotopic (exact) mass is 240 g/mol. The van der Waals surface area contributed by atoms with E-state index in [2.05, 4.69) is 47.2 Å². The van der Waals surface area contributed by atoms with Gasteiger partial charge in [-0.3, -0.25) is 0 Å². The minimum absolute atomic E-state index is 1.36. The van der Waals surface area contributed by atoms with Gasteiger partial charge in [-0.1, -0.05) is 24.3 Å². The third-order valence-electron chi connectivity index (χ3n) is 3.03. The van der Waals surface area contributed by atoms with E-state index in [1.807, 2.05) is 22.7 Å². The van der Waals surface area contributed by atoms with E-state index in [-0.39, 0.29) is 0 Å². The summed E-state index contributed by atoms with van der Waals surface area (Å²) in [7, 11) is 0. The molecule has 0 spiro atoms. The highest BCUT2D eigenvalue weighted by Gasteiger charge is 2.05. The highest BCUT2D eigenvalue weighted by atomic mass is 32.1. The third-order valence-corrected chi connectivity index (χ3v) is 4.96. The van der Waals surface area contributed by atoms with Crippen LogP contribution in [0.25, 0.3) is 30.9 Å². The maximum atomic E-state index is 2.25. The summed E-state index contributed by atoms with van der Waals surface area (Å²) in [5, 5.41) is 9.83. The Balaban J connectivity index is 2.38. The van der Waals surface area contributed by atoms with E-state index in [4.69, 9.17) is 0 Å². The van der Waals surface area contributed by atoms with E-state index < -0.39 is 0 Å². The molecule has 0 aliphatic rings. The van der Waals surface area contributed by atoms with Crippen LogP contribution in [0.3, 0.4) is 0 Å². The Morgan fingerprint density at radius 2 is 1.06 bits per heavy atom. The molecule has 2 heteroatoms. The van der Waals surface area contributed by atoms with Gasteiger partial charge in [0.25, 0.3) is 0 Å². The van der Waals surface area contributed by atoms with Crippen LogP contribution in [0.1, 0.15) is 0 Å². The van der Waals surface area contributed by atoms with Crippen LogP contribution in [-0.4, -0.2) is 0 Å². The summed E-state index contributed by atoms with van der Waals surface area (Å²) < 4.78 is 2.82. The van der Waals surface area contributed by atoms with E-state index in [0.717, 1.165) is 0 Å². The van der Waals surface area contributed by atoms with Crippen molar-refractivity contribution in [3.05, 3.63) is 47.2 Å². The summed E-state index contributed by atoms with van der Waals surface area (Å²) >= 11 is 3.67. The Hall–Kier alpha value is -1.38. The fourth-order valence-electron chi connectivity index (χ4n) is 2.26. The van der Waals surface area contributed by atoms with Gasteiger partial charge in [0.15, 0.2) is 0 Å². The van der Waals surface area contributed by atoms with Crippen molar-refractivity contribution in [1.29, 1.82) is 0 Å². The van der Waals surface area contributed by atoms with E-state index in [0.29, 0.717) is 0 Å². The van der Waals surface area contributed by atoms with Crippen molar-refractivity contribution >= 4 is 53.6 Å². The van der Waals surface area contributed by atoms with Crippen LogP contribution in [0.15, 0.2) is 47.2 Å². The zero-order chi connectivity index (χ0) is 10.5. The molecule has 0 unspecified atom stereocenters. The second kappa shape index (κ2) is 3.06. The normalized spacial score (nSPS) is 11.8. The lowest BCUT2D eigenvalue weighted by atomic mass is 10.1. The lowest BCUT2D eigenvalue weighted by Crippen LogP contribution is -1.72. The number of hydrogen-bond acceptors (Lipinski definition) is 2. The lowest BCUT2D eigenvalue weighted by Gasteiger charge is -2.00. The van der Waals surface area contributed by atoms with Crippen molar-refractivity contribution in [1.82, 2.24) is 0 Å². The molecule has 16 heavy (non-hydrogen) atoms. The summed E-state index contributed by atoms with van der Waals surface area (Å²) in [6.45, 7) is 0. The van der Waals surface area contributed by atoms with Gasteiger partial charge in [0, 0.05) is 20.2 Å². The first-order valence-electron chi connectivity index (χ1n) is 5.20. The van der Waals surface area contributed by atoms with Crippen molar-refractivity contribution < 1.29 is 0 Å². The van der Waals surface area contributed by atoms with E-state index in [9.17, 15) is 0 Å². The molecule has 2 heterocycles. The molecule has 0 aliphatic carbocycles. The predicted molar refractivity (Wildman–Crippen MR) is 74.7 cm³/mol. The molecule has 0 radical (unpaired) electrons. The number of hydrogen-bond donors (Lipinski definition) is 0. The molecule has 0 nitrogen and oxygen atoms in total. The van der Waals surface area contributed by atoms with Gasteiger partial charge in [0.1, 0.15) is 0 Å². The van der Waals surface area contributed by atoms with E-state index >= 15 is 0 Å². The minimum Gasteiger partial charge on any atom is -0.143 e. The SMILES string of the molecule is c1cc2ccc3c(ccc4ccsc43)c2s1. The summed E-state index contributed by atoms with van der Waals surface area (Å²) in [6.07, 6.45) is 0. The highest BCUT2D eigenvalue weighted by Crippen LogP contribution is 2.35. The predicted octanol–water partition coefficient (Wildman–Crippen LogP) is 5.27. The second-order valence-electron chi connectivity index (χ2n) is 3.90. The Kier molecular flexibility index (Phi) is 1.67. The number of rotatable bonds is 0. The molecule has 0 amide bonds. The maximum Gasteiger partial charge on any atom is 0.0421 e. The van der Waals surface area contributed by atoms with Crippen molar-refractivity contribution in [2.75, 3.05) is 0 Å². The summed E-state index contributed by atoms with van der Waals surface area (Å²) in [4.78, 5) is 0. The molecular weight excluding hydrogens is 232 g/mol. The van der Waals surface area contributed by atoms with Crippen LogP contribution >= 0.6 is 22.7 Å². The van der Waals surface area contributed by atoms with Crippen molar-refractivity contribution in [3.63, 3.8) is 0 Å². The van der Waals surface area contributed by atoms with Crippen molar-refractivity contribution in [2.45, 2.75) is 0 Å². The van der Waals surface area contributed by atoms with Crippen molar-refractivity contribution in [2.24, 2.45) is 0 Å². The van der Waals surface area contributed by atoms with Gasteiger partial charge < -0.3 is 0 Å². The lowest BCUT2D eigenvalue weighted by molar-refractivity contribution is 1.93. The molecule has 0 atom stereocenters. The molecule has 0 saturated carbocycles. The topological polar surface area (TPSA) is 0 Å². The first-order valence-corrected chi connectivity index (χ1v) is 6.95. The molecule has 0 bridgehead atoms. The average molecular weight is 240 g/mol. The van der Waals surface area contributed by atoms with Gasteiger partial charge in [0.05, 0.1) is 0 Å². The van der Waals surface area contributed by atoms with Gasteiger partial charge >= 0.3 is 0 Å². The Morgan fingerprint density at radius 3 is 1.56 bits per heavy atom. The largest absolute Gasteiger partial charge is 0.143 e. The van der Waals surface area contributed by atoms with E-state index in [1.54, 1.807) is 0 Å². The molecule has 76 valence electrons. The Labute approximate surface area is 101 Å². The molecule has 0 N–H and O–H groups in total. The third kappa shape index (κ3) is 1.03. The molecule has 0 aliphatic heterocycles. The average Bonchev–Trinajstić information content (AvgIpc) is 2.96. The van der Waals surface area contributed by atoms with Gasteiger partial charge in [-0.25, -0.2) is 0 Å². The first kappa shape index (κ1) is 8.74. The zero-order valence-corrected chi connectivity index (χ0v) is 10.1. The first-order chi connectivity index (χ1) is 7.93. The van der Waals surface area contributed by atoms with Gasteiger partial charge in [-0.15, -0.1) is 22.7 Å². The highest BCUT2D eigenvalue weighted by molar-refractivity contribution is 7.19. The van der Waals surface area contributed by atoms with E-state index in [1.165, 1.54) is 30.9 Å². The fraction of sp³-hybridized carbons (Fsp3) is 0. The second-order valence-corrected chi connectivity index (χ2v) is 5.74. The van der Waals surface area contributed by atoms with Gasteiger partial charge in [-0.2, -0.15) is 0 Å². The number of benzene rings is 2. The molecular formula is C14H8S2. The molecule has 2 aromatic heterocycles. The Bertz CT molecular complexity index is 735. The molecule has 4 aromatic rings. The number of thiophene rings is 2. The van der Waals surface area contributed by atoms with Crippen LogP contribution in [-0.2, 0) is 0 Å². The summed E-state index contributed by atoms with van der Waals surface area (Å²) in [6, 6.07) is 13.4. The van der Waals surface area contributed by atoms with Gasteiger partial charge in [0.2, 0.25) is 0 Å². The fourth-order valence-corrected chi connectivity index (χ4v) is 4.12. The quantitative estimate of drug-likeness (QED) is 0.393. The smallest absolute Gasteiger partial charge is 0.0421 e. The molecule has 4 rings (SSSR count).